The number of alkyl halides is 2. The van der Waals surface area contributed by atoms with Gasteiger partial charge < -0.3 is 15.8 Å². The highest BCUT2D eigenvalue weighted by atomic mass is 19.3. The predicted octanol–water partition coefficient (Wildman–Crippen LogP) is 2.49. The van der Waals surface area contributed by atoms with Gasteiger partial charge in [0.15, 0.2) is 5.96 Å². The van der Waals surface area contributed by atoms with Crippen molar-refractivity contribution in [1.29, 1.82) is 0 Å². The van der Waals surface area contributed by atoms with E-state index in [1.54, 1.807) is 0 Å². The summed E-state index contributed by atoms with van der Waals surface area (Å²) in [5.74, 6) is -0.399. The number of nitrogens with zero attached hydrogens (tertiary/aromatic N) is 1. The van der Waals surface area contributed by atoms with Crippen LogP contribution in [0.1, 0.15) is 19.4 Å². The summed E-state index contributed by atoms with van der Waals surface area (Å²) in [6.07, 6.45) is 0. The third-order valence-corrected chi connectivity index (χ3v) is 2.39. The highest BCUT2D eigenvalue weighted by Crippen LogP contribution is 2.24. The second-order valence-electron chi connectivity index (χ2n) is 4.57. The van der Waals surface area contributed by atoms with E-state index in [4.69, 9.17) is 5.73 Å². The number of rotatable bonds is 6. The number of nitrogens with two attached hydrogens (primary N) is 1. The predicted molar refractivity (Wildman–Crippen MR) is 71.2 cm³/mol. The van der Waals surface area contributed by atoms with E-state index in [0.29, 0.717) is 12.5 Å². The van der Waals surface area contributed by atoms with Gasteiger partial charge in [0.1, 0.15) is 11.6 Å². The Morgan fingerprint density at radius 3 is 2.70 bits per heavy atom. The van der Waals surface area contributed by atoms with E-state index in [-0.39, 0.29) is 23.8 Å². The molecule has 20 heavy (non-hydrogen) atoms. The number of aliphatic imine (C=N–C) groups is 1. The minimum absolute atomic E-state index is 0.0536. The standard InChI is InChI=1S/C13H18F3N3O/c1-8(2)6-18-13(17)19-7-9-10(14)4-3-5-11(9)20-12(15)16/h3-5,8,12H,6-7H2,1-2H3,(H3,17,18,19). The van der Waals surface area contributed by atoms with Gasteiger partial charge in [0.25, 0.3) is 0 Å². The molecule has 1 rings (SSSR count). The molecule has 0 fully saturated rings. The van der Waals surface area contributed by atoms with Crippen LogP contribution < -0.4 is 15.8 Å². The van der Waals surface area contributed by atoms with Crippen molar-refractivity contribution in [3.8, 4) is 5.75 Å². The average molecular weight is 289 g/mol. The van der Waals surface area contributed by atoms with Gasteiger partial charge in [-0.1, -0.05) is 19.9 Å². The molecule has 0 aliphatic carbocycles. The van der Waals surface area contributed by atoms with Crippen molar-refractivity contribution < 1.29 is 17.9 Å². The van der Waals surface area contributed by atoms with Crippen LogP contribution >= 0.6 is 0 Å². The highest BCUT2D eigenvalue weighted by molar-refractivity contribution is 5.77. The molecule has 0 bridgehead atoms. The Morgan fingerprint density at radius 1 is 1.40 bits per heavy atom. The fourth-order valence-electron chi connectivity index (χ4n) is 1.43. The van der Waals surface area contributed by atoms with Gasteiger partial charge >= 0.3 is 6.61 Å². The van der Waals surface area contributed by atoms with Gasteiger partial charge in [-0.2, -0.15) is 8.78 Å². The lowest BCUT2D eigenvalue weighted by atomic mass is 10.2. The smallest absolute Gasteiger partial charge is 0.387 e. The molecule has 0 amide bonds. The Hall–Kier alpha value is -1.92. The molecule has 1 aromatic carbocycles. The molecule has 0 saturated carbocycles. The largest absolute Gasteiger partial charge is 0.434 e. The number of guanidine groups is 1. The molecule has 0 aliphatic rings. The molecule has 0 radical (unpaired) electrons. The van der Waals surface area contributed by atoms with Crippen LogP contribution in [0.4, 0.5) is 13.2 Å². The van der Waals surface area contributed by atoms with E-state index < -0.39 is 12.4 Å². The summed E-state index contributed by atoms with van der Waals surface area (Å²) in [5, 5.41) is 2.85. The summed E-state index contributed by atoms with van der Waals surface area (Å²) in [5.41, 5.74) is 5.55. The van der Waals surface area contributed by atoms with Crippen LogP contribution in [0.2, 0.25) is 0 Å². The zero-order chi connectivity index (χ0) is 15.1. The SMILES string of the molecule is CC(C)CNC(N)=NCc1c(F)cccc1OC(F)F. The highest BCUT2D eigenvalue weighted by Gasteiger charge is 2.13. The Labute approximate surface area is 115 Å². The molecule has 0 heterocycles. The van der Waals surface area contributed by atoms with Crippen LogP contribution in [0.5, 0.6) is 5.75 Å². The van der Waals surface area contributed by atoms with Crippen LogP contribution in [-0.2, 0) is 6.54 Å². The quantitative estimate of drug-likeness (QED) is 0.625. The van der Waals surface area contributed by atoms with E-state index in [1.807, 2.05) is 13.8 Å². The fourth-order valence-corrected chi connectivity index (χ4v) is 1.43. The lowest BCUT2D eigenvalue weighted by molar-refractivity contribution is -0.0506. The fraction of sp³-hybridized carbons (Fsp3) is 0.462. The van der Waals surface area contributed by atoms with Crippen LogP contribution in [0, 0.1) is 11.7 Å². The maximum atomic E-state index is 13.6. The van der Waals surface area contributed by atoms with Crippen molar-refractivity contribution in [3.63, 3.8) is 0 Å². The van der Waals surface area contributed by atoms with Crippen molar-refractivity contribution in [2.75, 3.05) is 6.54 Å². The van der Waals surface area contributed by atoms with Crippen molar-refractivity contribution in [1.82, 2.24) is 5.32 Å². The molecule has 0 atom stereocenters. The van der Waals surface area contributed by atoms with Gasteiger partial charge in [0.05, 0.1) is 12.1 Å². The third-order valence-electron chi connectivity index (χ3n) is 2.39. The minimum Gasteiger partial charge on any atom is -0.434 e. The summed E-state index contributed by atoms with van der Waals surface area (Å²) in [4.78, 5) is 3.91. The molecular formula is C13H18F3N3O. The van der Waals surface area contributed by atoms with E-state index in [2.05, 4.69) is 15.0 Å². The number of hydrogen-bond donors (Lipinski definition) is 2. The van der Waals surface area contributed by atoms with Crippen molar-refractivity contribution in [3.05, 3.63) is 29.6 Å². The van der Waals surface area contributed by atoms with Crippen LogP contribution in [0.15, 0.2) is 23.2 Å². The molecular weight excluding hydrogens is 271 g/mol. The number of hydrogen-bond acceptors (Lipinski definition) is 2. The lowest BCUT2D eigenvalue weighted by Crippen LogP contribution is -2.34. The van der Waals surface area contributed by atoms with E-state index in [9.17, 15) is 13.2 Å². The summed E-state index contributed by atoms with van der Waals surface area (Å²) in [7, 11) is 0. The second-order valence-corrected chi connectivity index (χ2v) is 4.57. The maximum absolute atomic E-state index is 13.6. The molecule has 7 heteroatoms. The Balaban J connectivity index is 2.78. The van der Waals surface area contributed by atoms with Crippen molar-refractivity contribution in [2.24, 2.45) is 16.6 Å². The summed E-state index contributed by atoms with van der Waals surface area (Å²) in [6.45, 7) is 1.41. The third kappa shape index (κ3) is 5.38. The molecule has 112 valence electrons. The van der Waals surface area contributed by atoms with Gasteiger partial charge in [-0.3, -0.25) is 0 Å². The number of halogens is 3. The Morgan fingerprint density at radius 2 is 2.10 bits per heavy atom. The molecule has 0 spiro atoms. The summed E-state index contributed by atoms with van der Waals surface area (Å²) < 4.78 is 42.3. The van der Waals surface area contributed by atoms with E-state index >= 15 is 0 Å². The Bertz CT molecular complexity index is 464. The van der Waals surface area contributed by atoms with Gasteiger partial charge in [0.2, 0.25) is 0 Å². The first-order valence-electron chi connectivity index (χ1n) is 6.16. The number of nitrogens with one attached hydrogen (secondary N) is 1. The average Bonchev–Trinajstić information content (AvgIpc) is 2.35. The normalized spacial score (nSPS) is 12.1. The molecule has 3 N–H and O–H groups in total. The van der Waals surface area contributed by atoms with Gasteiger partial charge in [-0.05, 0) is 18.1 Å². The second kappa shape index (κ2) is 7.62. The summed E-state index contributed by atoms with van der Waals surface area (Å²) >= 11 is 0. The van der Waals surface area contributed by atoms with Crippen LogP contribution in [0.3, 0.4) is 0 Å². The zero-order valence-electron chi connectivity index (χ0n) is 11.4. The van der Waals surface area contributed by atoms with Crippen LogP contribution in [0.25, 0.3) is 0 Å². The maximum Gasteiger partial charge on any atom is 0.387 e. The first-order valence-corrected chi connectivity index (χ1v) is 6.16. The first kappa shape index (κ1) is 16.1. The molecule has 0 aromatic heterocycles. The molecule has 4 nitrogen and oxygen atoms in total. The van der Waals surface area contributed by atoms with Crippen LogP contribution in [-0.4, -0.2) is 19.1 Å². The number of benzene rings is 1. The van der Waals surface area contributed by atoms with Crippen molar-refractivity contribution >= 4 is 5.96 Å². The van der Waals surface area contributed by atoms with E-state index in [0.717, 1.165) is 6.07 Å². The summed E-state index contributed by atoms with van der Waals surface area (Å²) in [6, 6.07) is 3.71. The molecule has 0 saturated heterocycles. The minimum atomic E-state index is -3.02. The monoisotopic (exact) mass is 289 g/mol. The molecule has 0 unspecified atom stereocenters. The zero-order valence-corrected chi connectivity index (χ0v) is 11.4. The molecule has 1 aromatic rings. The molecule has 0 aliphatic heterocycles. The van der Waals surface area contributed by atoms with Gasteiger partial charge in [-0.15, -0.1) is 0 Å². The number of ether oxygens (including phenoxy) is 1. The van der Waals surface area contributed by atoms with Gasteiger partial charge in [0, 0.05) is 6.54 Å². The van der Waals surface area contributed by atoms with Gasteiger partial charge in [-0.25, -0.2) is 9.38 Å². The van der Waals surface area contributed by atoms with Crippen molar-refractivity contribution in [2.45, 2.75) is 27.0 Å². The Kier molecular flexibility index (Phi) is 6.14. The topological polar surface area (TPSA) is 59.6 Å². The van der Waals surface area contributed by atoms with E-state index in [1.165, 1.54) is 12.1 Å². The lowest BCUT2D eigenvalue weighted by Gasteiger charge is -2.11. The first-order chi connectivity index (χ1) is 9.40.